The topological polar surface area (TPSA) is 144 Å². The highest BCUT2D eigenvalue weighted by Crippen LogP contribution is 2.47. The summed E-state index contributed by atoms with van der Waals surface area (Å²) in [5, 5.41) is 15.7. The summed E-state index contributed by atoms with van der Waals surface area (Å²) < 4.78 is 5.09. The van der Waals surface area contributed by atoms with Crippen molar-refractivity contribution in [2.45, 2.75) is 65.1 Å². The number of carbonyl (C=O) groups is 4. The van der Waals surface area contributed by atoms with Crippen molar-refractivity contribution >= 4 is 52.9 Å². The smallest absolute Gasteiger partial charge is 0.414 e. The summed E-state index contributed by atoms with van der Waals surface area (Å²) in [6.45, 7) is 6.32. The molecule has 2 heterocycles. The Morgan fingerprint density at radius 2 is 1.83 bits per heavy atom. The lowest BCUT2D eigenvalue weighted by Crippen LogP contribution is -2.52. The van der Waals surface area contributed by atoms with Crippen molar-refractivity contribution in [3.8, 4) is 0 Å². The number of likely N-dealkylation sites (N-methyl/N-ethyl adjacent to an activating group) is 1. The van der Waals surface area contributed by atoms with Gasteiger partial charge < -0.3 is 25.0 Å². The van der Waals surface area contributed by atoms with E-state index >= 15 is 0 Å². The first-order valence-corrected chi connectivity index (χ1v) is 15.6. The minimum absolute atomic E-state index is 0.263. The number of amides is 3. The van der Waals surface area contributed by atoms with Crippen molar-refractivity contribution in [3.05, 3.63) is 71.9 Å². The maximum absolute atomic E-state index is 12.5. The Bertz CT molecular complexity index is 1520. The monoisotopic (exact) mass is 630 g/mol. The molecule has 1 aliphatic rings. The fraction of sp³-hybridized carbons (Fsp3) is 0.382. The molecule has 12 nitrogen and oxygen atoms in total. The second kappa shape index (κ2) is 15.7. The largest absolute Gasteiger partial charge is 0.480 e. The first-order valence-electron chi connectivity index (χ1n) is 15.6. The van der Waals surface area contributed by atoms with Crippen molar-refractivity contribution < 1.29 is 29.0 Å². The first-order chi connectivity index (χ1) is 22.2. The van der Waals surface area contributed by atoms with Crippen LogP contribution in [0.15, 0.2) is 60.8 Å². The van der Waals surface area contributed by atoms with Gasteiger partial charge in [0.25, 0.3) is 5.91 Å². The van der Waals surface area contributed by atoms with E-state index in [2.05, 4.69) is 22.5 Å². The van der Waals surface area contributed by atoms with Gasteiger partial charge in [0.2, 0.25) is 6.41 Å². The zero-order valence-electron chi connectivity index (χ0n) is 26.7. The van der Waals surface area contributed by atoms with Gasteiger partial charge in [-0.3, -0.25) is 19.8 Å². The van der Waals surface area contributed by atoms with Crippen LogP contribution in [0.4, 0.5) is 33.4 Å². The number of nitrogens with zero attached hydrogens (tertiary/aromatic N) is 4. The van der Waals surface area contributed by atoms with E-state index in [0.29, 0.717) is 42.1 Å². The Morgan fingerprint density at radius 1 is 1.07 bits per heavy atom. The van der Waals surface area contributed by atoms with Gasteiger partial charge >= 0.3 is 12.1 Å². The average Bonchev–Trinajstić information content (AvgIpc) is 3.35. The van der Waals surface area contributed by atoms with Gasteiger partial charge in [-0.15, -0.1) is 0 Å². The number of rotatable bonds is 15. The maximum atomic E-state index is 12.5. The standard InChI is InChI=1S/C34H42N6O6/c1-5-7-8-11-20-46-34(45)37-32(42)24-13-15-25(16-14-24)36-21-30-38(4)28-18-17-27(39(22-41)29-12-9-10-19-35-29)26(6-2)31(28)40(30)23(3)33(43)44/h9-10,12-19,22-23,30,36H,5-8,11,20-21H2,1-4H3,(H,43,44)(H,37,42,45). The van der Waals surface area contributed by atoms with Crippen LogP contribution in [0.1, 0.15) is 62.4 Å². The van der Waals surface area contributed by atoms with E-state index in [4.69, 9.17) is 4.74 Å². The summed E-state index contributed by atoms with van der Waals surface area (Å²) >= 11 is 0. The molecule has 0 spiro atoms. The van der Waals surface area contributed by atoms with Crippen LogP contribution >= 0.6 is 0 Å². The van der Waals surface area contributed by atoms with Crippen LogP contribution in [0.25, 0.3) is 0 Å². The number of fused-ring (bicyclic) bond motifs is 1. The lowest BCUT2D eigenvalue weighted by Gasteiger charge is -2.34. The predicted molar refractivity (Wildman–Crippen MR) is 178 cm³/mol. The number of imide groups is 1. The Morgan fingerprint density at radius 3 is 2.46 bits per heavy atom. The van der Waals surface area contributed by atoms with E-state index in [1.165, 1.54) is 4.90 Å². The number of carboxylic acids is 1. The molecule has 0 fully saturated rings. The summed E-state index contributed by atoms with van der Waals surface area (Å²) in [6, 6.07) is 14.8. The molecule has 1 aromatic heterocycles. The van der Waals surface area contributed by atoms with E-state index in [-0.39, 0.29) is 6.61 Å². The molecule has 4 rings (SSSR count). The number of aliphatic carboxylic acids is 1. The van der Waals surface area contributed by atoms with Crippen LogP contribution in [0.5, 0.6) is 0 Å². The third kappa shape index (κ3) is 7.56. The van der Waals surface area contributed by atoms with Gasteiger partial charge in [-0.25, -0.2) is 14.6 Å². The van der Waals surface area contributed by atoms with Gasteiger partial charge in [0.1, 0.15) is 18.0 Å². The molecule has 2 atom stereocenters. The Labute approximate surface area is 269 Å². The Hall–Kier alpha value is -5.13. The number of anilines is 5. The molecule has 2 aromatic carbocycles. The molecule has 0 radical (unpaired) electrons. The second-order valence-corrected chi connectivity index (χ2v) is 11.1. The summed E-state index contributed by atoms with van der Waals surface area (Å²) in [5.41, 5.74) is 4.06. The molecule has 244 valence electrons. The number of carboxylic acid groups (broad SMARTS) is 1. The SMILES string of the molecule is CCCCCCOC(=O)NC(=O)c1ccc(NCC2N(C)c3ccc(N(C=O)c4ccccn4)c(CC)c3N2C(C)C(=O)O)cc1. The minimum atomic E-state index is -0.981. The van der Waals surface area contributed by atoms with Crippen LogP contribution in [0.3, 0.4) is 0 Å². The highest BCUT2D eigenvalue weighted by molar-refractivity contribution is 6.03. The summed E-state index contributed by atoms with van der Waals surface area (Å²) in [7, 11) is 1.91. The third-order valence-corrected chi connectivity index (χ3v) is 8.11. The van der Waals surface area contributed by atoms with Crippen molar-refractivity contribution in [1.29, 1.82) is 0 Å². The zero-order valence-corrected chi connectivity index (χ0v) is 26.7. The lowest BCUT2D eigenvalue weighted by atomic mass is 10.0. The number of benzene rings is 2. The van der Waals surface area contributed by atoms with E-state index in [0.717, 1.165) is 42.6 Å². The lowest BCUT2D eigenvalue weighted by molar-refractivity contribution is -0.138. The van der Waals surface area contributed by atoms with Gasteiger partial charge in [-0.05, 0) is 68.3 Å². The quantitative estimate of drug-likeness (QED) is 0.144. The fourth-order valence-corrected chi connectivity index (χ4v) is 5.64. The molecule has 46 heavy (non-hydrogen) atoms. The van der Waals surface area contributed by atoms with Gasteiger partial charge in [-0.2, -0.15) is 0 Å². The van der Waals surface area contributed by atoms with E-state index in [1.807, 2.05) is 35.9 Å². The molecule has 2 unspecified atom stereocenters. The van der Waals surface area contributed by atoms with Crippen LogP contribution in [0, 0.1) is 0 Å². The fourth-order valence-electron chi connectivity index (χ4n) is 5.64. The normalized spacial score (nSPS) is 14.3. The number of carbonyl (C=O) groups excluding carboxylic acids is 3. The molecule has 3 aromatic rings. The molecule has 1 aliphatic heterocycles. The molecule has 0 bridgehead atoms. The molecule has 0 aliphatic carbocycles. The van der Waals surface area contributed by atoms with Crippen molar-refractivity contribution in [1.82, 2.24) is 10.3 Å². The van der Waals surface area contributed by atoms with Crippen LogP contribution in [-0.4, -0.2) is 66.9 Å². The van der Waals surface area contributed by atoms with E-state index in [1.54, 1.807) is 55.6 Å². The van der Waals surface area contributed by atoms with Gasteiger partial charge in [-0.1, -0.05) is 39.2 Å². The van der Waals surface area contributed by atoms with Gasteiger partial charge in [0.15, 0.2) is 0 Å². The summed E-state index contributed by atoms with van der Waals surface area (Å²) in [4.78, 5) is 58.9. The Kier molecular flexibility index (Phi) is 11.5. The molecular weight excluding hydrogens is 588 g/mol. The predicted octanol–water partition coefficient (Wildman–Crippen LogP) is 5.55. The molecule has 0 saturated carbocycles. The number of hydrogen-bond acceptors (Lipinski definition) is 9. The Balaban J connectivity index is 1.51. The molecule has 12 heteroatoms. The number of pyridine rings is 1. The van der Waals surface area contributed by atoms with Crippen LogP contribution in [-0.2, 0) is 20.7 Å². The zero-order chi connectivity index (χ0) is 33.2. The molecule has 0 saturated heterocycles. The first kappa shape index (κ1) is 33.8. The highest BCUT2D eigenvalue weighted by Gasteiger charge is 2.41. The molecule has 3 amide bonds. The van der Waals surface area contributed by atoms with Crippen molar-refractivity contribution in [3.63, 3.8) is 0 Å². The molecule has 3 N–H and O–H groups in total. The maximum Gasteiger partial charge on any atom is 0.414 e. The highest BCUT2D eigenvalue weighted by atomic mass is 16.5. The number of unbranched alkanes of at least 4 members (excludes halogenated alkanes) is 3. The van der Waals surface area contributed by atoms with Gasteiger partial charge in [0, 0.05) is 30.1 Å². The third-order valence-electron chi connectivity index (χ3n) is 8.11. The molecular formula is C34H42N6O6. The number of alkyl carbamates (subject to hydrolysis) is 1. The van der Waals surface area contributed by atoms with Gasteiger partial charge in [0.05, 0.1) is 30.2 Å². The second-order valence-electron chi connectivity index (χ2n) is 11.1. The van der Waals surface area contributed by atoms with E-state index in [9.17, 15) is 24.3 Å². The number of hydrogen-bond donors (Lipinski definition) is 3. The van der Waals surface area contributed by atoms with Crippen LogP contribution in [0.2, 0.25) is 0 Å². The average molecular weight is 631 g/mol. The minimum Gasteiger partial charge on any atom is -0.480 e. The summed E-state index contributed by atoms with van der Waals surface area (Å²) in [6.07, 6.45) is 5.57. The van der Waals surface area contributed by atoms with Crippen LogP contribution < -0.4 is 25.3 Å². The number of nitrogens with one attached hydrogen (secondary N) is 2. The number of aromatic nitrogens is 1. The van der Waals surface area contributed by atoms with Crippen molar-refractivity contribution in [2.24, 2.45) is 0 Å². The van der Waals surface area contributed by atoms with E-state index < -0.39 is 30.2 Å². The van der Waals surface area contributed by atoms with Crippen molar-refractivity contribution in [2.75, 3.05) is 40.2 Å². The summed E-state index contributed by atoms with van der Waals surface area (Å²) in [5.74, 6) is -1.08. The number of ether oxygens (including phenoxy) is 1.